The third kappa shape index (κ3) is 2.98. The van der Waals surface area contributed by atoms with Crippen molar-refractivity contribution in [2.45, 2.75) is 45.6 Å². The topological polar surface area (TPSA) is 89.2 Å². The van der Waals surface area contributed by atoms with Gasteiger partial charge in [-0.1, -0.05) is 26.8 Å². The molecule has 23 heavy (non-hydrogen) atoms. The van der Waals surface area contributed by atoms with E-state index in [4.69, 9.17) is 0 Å². The highest BCUT2D eigenvalue weighted by Crippen LogP contribution is 2.39. The molecule has 0 bridgehead atoms. The summed E-state index contributed by atoms with van der Waals surface area (Å²) in [6.07, 6.45) is 0.767. The van der Waals surface area contributed by atoms with E-state index in [9.17, 15) is 14.7 Å². The minimum Gasteiger partial charge on any atom is -0.465 e. The molecule has 0 aliphatic carbocycles. The van der Waals surface area contributed by atoms with E-state index < -0.39 is 6.09 Å². The highest BCUT2D eigenvalue weighted by molar-refractivity contribution is 5.75. The molecular weight excluding hydrogens is 294 g/mol. The van der Waals surface area contributed by atoms with Crippen molar-refractivity contribution in [2.75, 3.05) is 6.54 Å². The van der Waals surface area contributed by atoms with E-state index in [2.05, 4.69) is 30.7 Å². The summed E-state index contributed by atoms with van der Waals surface area (Å²) >= 11 is 0. The van der Waals surface area contributed by atoms with Gasteiger partial charge in [-0.15, -0.1) is 0 Å². The molecule has 0 saturated carbocycles. The van der Waals surface area contributed by atoms with Crippen LogP contribution in [0.2, 0.25) is 0 Å². The van der Waals surface area contributed by atoms with Crippen LogP contribution in [0.3, 0.4) is 0 Å². The number of likely N-dealkylation sites (tertiary alicyclic amines) is 1. The maximum atomic E-state index is 11.5. The smallest absolute Gasteiger partial charge is 0.407 e. The van der Waals surface area contributed by atoms with Crippen LogP contribution < -0.4 is 5.69 Å². The zero-order chi connectivity index (χ0) is 16.8. The van der Waals surface area contributed by atoms with Gasteiger partial charge in [-0.25, -0.2) is 9.59 Å². The average molecular weight is 317 g/mol. The first-order valence-corrected chi connectivity index (χ1v) is 7.97. The summed E-state index contributed by atoms with van der Waals surface area (Å²) in [4.78, 5) is 30.0. The molecule has 1 aliphatic rings. The number of nitrogens with zero attached hydrogens (tertiary/aromatic N) is 1. The zero-order valence-electron chi connectivity index (χ0n) is 13.7. The first-order chi connectivity index (χ1) is 10.8. The number of hydrogen-bond acceptors (Lipinski definition) is 2. The van der Waals surface area contributed by atoms with Gasteiger partial charge in [0, 0.05) is 12.6 Å². The van der Waals surface area contributed by atoms with Gasteiger partial charge < -0.3 is 20.0 Å². The minimum atomic E-state index is -0.839. The predicted molar refractivity (Wildman–Crippen MR) is 88.9 cm³/mol. The van der Waals surface area contributed by atoms with Crippen LogP contribution in [0.25, 0.3) is 11.0 Å². The number of rotatable bonds is 1. The van der Waals surface area contributed by atoms with Gasteiger partial charge in [0.15, 0.2) is 0 Å². The van der Waals surface area contributed by atoms with Crippen molar-refractivity contribution in [1.29, 1.82) is 0 Å². The quantitative estimate of drug-likeness (QED) is 0.755. The van der Waals surface area contributed by atoms with Crippen LogP contribution >= 0.6 is 0 Å². The van der Waals surface area contributed by atoms with Crippen molar-refractivity contribution in [3.8, 4) is 0 Å². The average Bonchev–Trinajstić information content (AvgIpc) is 2.84. The molecule has 3 rings (SSSR count). The lowest BCUT2D eigenvalue weighted by Crippen LogP contribution is -2.51. The Hall–Kier alpha value is -2.24. The lowest BCUT2D eigenvalue weighted by molar-refractivity contribution is 0.0526. The molecule has 3 N–H and O–H groups in total. The molecule has 6 nitrogen and oxygen atoms in total. The second kappa shape index (κ2) is 5.44. The van der Waals surface area contributed by atoms with Crippen LogP contribution in [-0.2, 0) is 0 Å². The van der Waals surface area contributed by atoms with Gasteiger partial charge in [-0.3, -0.25) is 0 Å². The van der Waals surface area contributed by atoms with Crippen LogP contribution in [0.1, 0.15) is 45.1 Å². The Balaban J connectivity index is 1.90. The molecule has 1 aromatic carbocycles. The molecule has 1 aliphatic heterocycles. The first-order valence-electron chi connectivity index (χ1n) is 7.97. The van der Waals surface area contributed by atoms with Crippen molar-refractivity contribution in [3.05, 3.63) is 34.2 Å². The van der Waals surface area contributed by atoms with E-state index in [-0.39, 0.29) is 17.1 Å². The number of piperidine rings is 1. The van der Waals surface area contributed by atoms with Gasteiger partial charge >= 0.3 is 11.8 Å². The SMILES string of the molecule is CC(C)(C)C1CC(c2ccc3[nH]c(=O)[nH]c3c2)CCN1C(=O)O. The lowest BCUT2D eigenvalue weighted by atomic mass is 9.75. The number of imidazole rings is 1. The Morgan fingerprint density at radius 1 is 1.26 bits per heavy atom. The summed E-state index contributed by atoms with van der Waals surface area (Å²) in [7, 11) is 0. The highest BCUT2D eigenvalue weighted by Gasteiger charge is 2.39. The number of aromatic nitrogens is 2. The summed E-state index contributed by atoms with van der Waals surface area (Å²) in [5.74, 6) is 0.303. The summed E-state index contributed by atoms with van der Waals surface area (Å²) < 4.78 is 0. The van der Waals surface area contributed by atoms with Crippen LogP contribution in [0.15, 0.2) is 23.0 Å². The molecule has 2 heterocycles. The number of aromatic amines is 2. The Labute approximate surface area is 134 Å². The molecule has 6 heteroatoms. The lowest BCUT2D eigenvalue weighted by Gasteiger charge is -2.44. The van der Waals surface area contributed by atoms with E-state index in [0.717, 1.165) is 29.4 Å². The fourth-order valence-electron chi connectivity index (χ4n) is 3.62. The maximum Gasteiger partial charge on any atom is 0.407 e. The minimum absolute atomic E-state index is 0.0141. The Bertz CT molecular complexity index is 784. The fourth-order valence-corrected chi connectivity index (χ4v) is 3.62. The van der Waals surface area contributed by atoms with Crippen LogP contribution in [0.4, 0.5) is 4.79 Å². The van der Waals surface area contributed by atoms with E-state index >= 15 is 0 Å². The standard InChI is InChI=1S/C17H23N3O3/c1-17(2,3)14-9-11(6-7-20(14)16(22)23)10-4-5-12-13(8-10)19-15(21)18-12/h4-5,8,11,14H,6-7,9H2,1-3H3,(H,22,23)(H2,18,19,21). The molecule has 2 aromatic rings. The van der Waals surface area contributed by atoms with Crippen LogP contribution in [-0.4, -0.2) is 38.7 Å². The highest BCUT2D eigenvalue weighted by atomic mass is 16.4. The second-order valence-corrected chi connectivity index (χ2v) is 7.46. The Kier molecular flexibility index (Phi) is 3.70. The van der Waals surface area contributed by atoms with Crippen molar-refractivity contribution in [2.24, 2.45) is 5.41 Å². The summed E-state index contributed by atoms with van der Waals surface area (Å²) in [6, 6.07) is 5.94. The normalized spacial score (nSPS) is 22.5. The van der Waals surface area contributed by atoms with Crippen LogP contribution in [0.5, 0.6) is 0 Å². The Morgan fingerprint density at radius 2 is 1.96 bits per heavy atom. The molecule has 2 unspecified atom stereocenters. The predicted octanol–water partition coefficient (Wildman–Crippen LogP) is 3.13. The van der Waals surface area contributed by atoms with Crippen molar-refractivity contribution < 1.29 is 9.90 Å². The third-order valence-electron chi connectivity index (χ3n) is 4.86. The molecule has 1 saturated heterocycles. The van der Waals surface area contributed by atoms with E-state index in [0.29, 0.717) is 12.5 Å². The van der Waals surface area contributed by atoms with E-state index in [1.807, 2.05) is 18.2 Å². The molecule has 1 fully saturated rings. The summed E-state index contributed by atoms with van der Waals surface area (Å²) in [5.41, 5.74) is 2.45. The van der Waals surface area contributed by atoms with E-state index in [1.165, 1.54) is 0 Å². The second-order valence-electron chi connectivity index (χ2n) is 7.46. The van der Waals surface area contributed by atoms with E-state index in [1.54, 1.807) is 4.90 Å². The Morgan fingerprint density at radius 3 is 2.61 bits per heavy atom. The number of carbonyl (C=O) groups is 1. The zero-order valence-corrected chi connectivity index (χ0v) is 13.7. The van der Waals surface area contributed by atoms with Gasteiger partial charge in [0.05, 0.1) is 11.0 Å². The van der Waals surface area contributed by atoms with Crippen molar-refractivity contribution in [1.82, 2.24) is 14.9 Å². The molecule has 0 radical (unpaired) electrons. The van der Waals surface area contributed by atoms with Gasteiger partial charge in [0.2, 0.25) is 0 Å². The molecule has 0 spiro atoms. The van der Waals surface area contributed by atoms with Gasteiger partial charge in [0.1, 0.15) is 0 Å². The molecule has 1 aromatic heterocycles. The third-order valence-corrected chi connectivity index (χ3v) is 4.86. The first kappa shape index (κ1) is 15.6. The fraction of sp³-hybridized carbons (Fsp3) is 0.529. The van der Waals surface area contributed by atoms with Crippen molar-refractivity contribution >= 4 is 17.1 Å². The number of H-pyrrole nitrogens is 2. The summed E-state index contributed by atoms with van der Waals surface area (Å²) in [6.45, 7) is 6.80. The number of carboxylic acid groups (broad SMARTS) is 1. The molecule has 2 atom stereocenters. The molecule has 1 amide bonds. The maximum absolute atomic E-state index is 11.5. The number of nitrogens with one attached hydrogen (secondary N) is 2. The molecular formula is C17H23N3O3. The van der Waals surface area contributed by atoms with Gasteiger partial charge in [-0.05, 0) is 41.9 Å². The molecule has 124 valence electrons. The number of fused-ring (bicyclic) bond motifs is 1. The number of amides is 1. The largest absolute Gasteiger partial charge is 0.465 e. The summed E-state index contributed by atoms with van der Waals surface area (Å²) in [5, 5.41) is 9.45. The van der Waals surface area contributed by atoms with Gasteiger partial charge in [0.25, 0.3) is 0 Å². The monoisotopic (exact) mass is 317 g/mol. The van der Waals surface area contributed by atoms with Gasteiger partial charge in [-0.2, -0.15) is 0 Å². The van der Waals surface area contributed by atoms with Crippen molar-refractivity contribution in [3.63, 3.8) is 0 Å². The number of benzene rings is 1. The number of hydrogen-bond donors (Lipinski definition) is 3. The van der Waals surface area contributed by atoms with Crippen LogP contribution in [0, 0.1) is 5.41 Å².